The summed E-state index contributed by atoms with van der Waals surface area (Å²) >= 11 is 0. The Labute approximate surface area is 107 Å². The summed E-state index contributed by atoms with van der Waals surface area (Å²) in [7, 11) is -1.27. The highest BCUT2D eigenvalue weighted by atomic mass is 28.3. The molecular weight excluding hydrogens is 228 g/mol. The standard InChI is InChI=1S/C14H28O2Si/c1-6-15-14(16-7-2)12-10-8-9-11-13(12,14)17(3,4)5/h12H,6-11H2,1-5H3. The molecule has 100 valence electrons. The topological polar surface area (TPSA) is 18.5 Å². The zero-order valence-corrected chi connectivity index (χ0v) is 13.1. The lowest BCUT2D eigenvalue weighted by atomic mass is 10.0. The third-order valence-electron chi connectivity index (χ3n) is 4.96. The fraction of sp³-hybridized carbons (Fsp3) is 1.00. The first-order valence-electron chi connectivity index (χ1n) is 7.24. The zero-order chi connectivity index (χ0) is 12.7. The second-order valence-corrected chi connectivity index (χ2v) is 11.9. The third kappa shape index (κ3) is 1.66. The maximum Gasteiger partial charge on any atom is 0.175 e. The van der Waals surface area contributed by atoms with Crippen LogP contribution in [0.2, 0.25) is 24.7 Å². The minimum atomic E-state index is -1.27. The van der Waals surface area contributed by atoms with Crippen LogP contribution in [0.15, 0.2) is 0 Å². The van der Waals surface area contributed by atoms with Crippen LogP contribution in [0.3, 0.4) is 0 Å². The van der Waals surface area contributed by atoms with Crippen LogP contribution in [0.1, 0.15) is 39.5 Å². The van der Waals surface area contributed by atoms with E-state index >= 15 is 0 Å². The summed E-state index contributed by atoms with van der Waals surface area (Å²) in [4.78, 5) is 0. The summed E-state index contributed by atoms with van der Waals surface area (Å²) in [6.07, 6.45) is 5.36. The molecule has 2 saturated carbocycles. The van der Waals surface area contributed by atoms with Crippen LogP contribution < -0.4 is 0 Å². The zero-order valence-electron chi connectivity index (χ0n) is 12.1. The lowest BCUT2D eigenvalue weighted by Crippen LogP contribution is -2.39. The Balaban J connectivity index is 2.33. The van der Waals surface area contributed by atoms with Crippen LogP contribution >= 0.6 is 0 Å². The van der Waals surface area contributed by atoms with Gasteiger partial charge in [0.2, 0.25) is 0 Å². The number of hydrogen-bond acceptors (Lipinski definition) is 2. The Hall–Kier alpha value is 0.137. The van der Waals surface area contributed by atoms with E-state index in [-0.39, 0.29) is 5.79 Å². The SMILES string of the molecule is CCOC1(OCC)C2CCCCC21[Si](C)(C)C. The summed E-state index contributed by atoms with van der Waals surface area (Å²) in [6.45, 7) is 13.2. The first kappa shape index (κ1) is 13.6. The Bertz CT molecular complexity index is 278. The van der Waals surface area contributed by atoms with E-state index < -0.39 is 8.07 Å². The van der Waals surface area contributed by atoms with E-state index in [1.165, 1.54) is 25.7 Å². The predicted molar refractivity (Wildman–Crippen MR) is 74.0 cm³/mol. The van der Waals surface area contributed by atoms with Crippen molar-refractivity contribution in [3.63, 3.8) is 0 Å². The van der Waals surface area contributed by atoms with Crippen LogP contribution in [0.5, 0.6) is 0 Å². The fourth-order valence-corrected chi connectivity index (χ4v) is 8.04. The van der Waals surface area contributed by atoms with Crippen LogP contribution in [-0.2, 0) is 9.47 Å². The Morgan fingerprint density at radius 2 is 1.65 bits per heavy atom. The second kappa shape index (κ2) is 4.36. The molecule has 0 radical (unpaired) electrons. The molecule has 2 aliphatic carbocycles. The molecule has 2 aliphatic rings. The van der Waals surface area contributed by atoms with E-state index in [9.17, 15) is 0 Å². The van der Waals surface area contributed by atoms with Crippen LogP contribution in [-0.4, -0.2) is 27.1 Å². The summed E-state index contributed by atoms with van der Waals surface area (Å²) in [5, 5.41) is 0.393. The third-order valence-corrected chi connectivity index (χ3v) is 8.59. The van der Waals surface area contributed by atoms with Crippen molar-refractivity contribution in [2.24, 2.45) is 5.92 Å². The van der Waals surface area contributed by atoms with Crippen molar-refractivity contribution in [2.45, 2.75) is 70.0 Å². The molecule has 0 spiro atoms. The molecule has 0 bridgehead atoms. The van der Waals surface area contributed by atoms with E-state index in [4.69, 9.17) is 9.47 Å². The molecule has 0 aromatic carbocycles. The quantitative estimate of drug-likeness (QED) is 0.546. The molecule has 3 heteroatoms. The van der Waals surface area contributed by atoms with Gasteiger partial charge >= 0.3 is 0 Å². The highest BCUT2D eigenvalue weighted by Crippen LogP contribution is 2.80. The van der Waals surface area contributed by atoms with E-state index in [2.05, 4.69) is 33.5 Å². The van der Waals surface area contributed by atoms with E-state index in [0.717, 1.165) is 13.2 Å². The Morgan fingerprint density at radius 1 is 1.06 bits per heavy atom. The van der Waals surface area contributed by atoms with Gasteiger partial charge in [0.15, 0.2) is 5.79 Å². The van der Waals surface area contributed by atoms with Gasteiger partial charge in [-0.15, -0.1) is 0 Å². The molecule has 0 N–H and O–H groups in total. The molecule has 17 heavy (non-hydrogen) atoms. The van der Waals surface area contributed by atoms with Gasteiger partial charge in [-0.1, -0.05) is 32.5 Å². The van der Waals surface area contributed by atoms with Crippen LogP contribution in [0.25, 0.3) is 0 Å². The number of fused-ring (bicyclic) bond motifs is 1. The summed E-state index contributed by atoms with van der Waals surface area (Å²) in [6, 6.07) is 0. The molecular formula is C14H28O2Si. The number of ether oxygens (including phenoxy) is 2. The van der Waals surface area contributed by atoms with Gasteiger partial charge in [-0.25, -0.2) is 0 Å². The average molecular weight is 256 g/mol. The van der Waals surface area contributed by atoms with Gasteiger partial charge in [-0.2, -0.15) is 0 Å². The molecule has 0 aromatic rings. The Morgan fingerprint density at radius 3 is 2.06 bits per heavy atom. The molecule has 0 amide bonds. The van der Waals surface area contributed by atoms with Gasteiger partial charge in [-0.05, 0) is 26.7 Å². The minimum Gasteiger partial charge on any atom is -0.350 e. The molecule has 2 nitrogen and oxygen atoms in total. The number of hydrogen-bond donors (Lipinski definition) is 0. The molecule has 2 fully saturated rings. The highest BCUT2D eigenvalue weighted by molar-refractivity contribution is 6.80. The van der Waals surface area contributed by atoms with Crippen molar-refractivity contribution in [3.05, 3.63) is 0 Å². The first-order chi connectivity index (χ1) is 7.96. The van der Waals surface area contributed by atoms with Gasteiger partial charge in [0.25, 0.3) is 0 Å². The normalized spacial score (nSPS) is 35.5. The van der Waals surface area contributed by atoms with Crippen molar-refractivity contribution in [3.8, 4) is 0 Å². The summed E-state index contributed by atoms with van der Waals surface area (Å²) < 4.78 is 12.3. The molecule has 0 aliphatic heterocycles. The van der Waals surface area contributed by atoms with Crippen molar-refractivity contribution >= 4 is 8.07 Å². The smallest absolute Gasteiger partial charge is 0.175 e. The predicted octanol–water partition coefficient (Wildman–Crippen LogP) is 4.04. The molecule has 0 saturated heterocycles. The van der Waals surface area contributed by atoms with E-state index in [1.807, 2.05) is 0 Å². The average Bonchev–Trinajstić information content (AvgIpc) is 2.84. The summed E-state index contributed by atoms with van der Waals surface area (Å²) in [5.41, 5.74) is 0. The minimum absolute atomic E-state index is 0.211. The van der Waals surface area contributed by atoms with Crippen molar-refractivity contribution in [1.82, 2.24) is 0 Å². The van der Waals surface area contributed by atoms with Crippen molar-refractivity contribution in [1.29, 1.82) is 0 Å². The van der Waals surface area contributed by atoms with Crippen LogP contribution in [0, 0.1) is 5.92 Å². The Kier molecular flexibility index (Phi) is 3.48. The molecule has 0 aromatic heterocycles. The second-order valence-electron chi connectivity index (χ2n) is 6.55. The first-order valence-corrected chi connectivity index (χ1v) is 10.7. The van der Waals surface area contributed by atoms with Crippen molar-refractivity contribution < 1.29 is 9.47 Å². The molecule has 2 atom stereocenters. The number of rotatable bonds is 5. The monoisotopic (exact) mass is 256 g/mol. The van der Waals surface area contributed by atoms with E-state index in [1.54, 1.807) is 0 Å². The fourth-order valence-electron chi connectivity index (χ4n) is 4.44. The molecule has 2 rings (SSSR count). The highest BCUT2D eigenvalue weighted by Gasteiger charge is 2.82. The molecule has 2 unspecified atom stereocenters. The lowest BCUT2D eigenvalue weighted by molar-refractivity contribution is -0.178. The maximum absolute atomic E-state index is 6.17. The largest absolute Gasteiger partial charge is 0.350 e. The van der Waals surface area contributed by atoms with Gasteiger partial charge < -0.3 is 9.47 Å². The van der Waals surface area contributed by atoms with Gasteiger partial charge in [0, 0.05) is 24.2 Å². The lowest BCUT2D eigenvalue weighted by Gasteiger charge is -2.35. The van der Waals surface area contributed by atoms with Crippen LogP contribution in [0.4, 0.5) is 0 Å². The summed E-state index contributed by atoms with van der Waals surface area (Å²) in [5.74, 6) is 0.465. The maximum atomic E-state index is 6.17. The van der Waals surface area contributed by atoms with Gasteiger partial charge in [0.1, 0.15) is 0 Å². The van der Waals surface area contributed by atoms with Gasteiger partial charge in [0.05, 0.1) is 8.07 Å². The van der Waals surface area contributed by atoms with E-state index in [0.29, 0.717) is 11.0 Å². The molecule has 0 heterocycles. The van der Waals surface area contributed by atoms with Crippen molar-refractivity contribution in [2.75, 3.05) is 13.2 Å². The van der Waals surface area contributed by atoms with Gasteiger partial charge in [-0.3, -0.25) is 0 Å².